The predicted molar refractivity (Wildman–Crippen MR) is 102 cm³/mol. The van der Waals surface area contributed by atoms with Crippen molar-refractivity contribution in [3.05, 3.63) is 64.9 Å². The molecular formula is C19H17BrN4O. The SMILES string of the molecule is O=C(c1ccccn1)N1CCC(Nc2ccc3cccc(Br)c3n2)C1. The van der Waals surface area contributed by atoms with Crippen molar-refractivity contribution in [2.75, 3.05) is 18.4 Å². The molecule has 1 atom stereocenters. The van der Waals surface area contributed by atoms with E-state index in [4.69, 9.17) is 4.98 Å². The van der Waals surface area contributed by atoms with Crippen molar-refractivity contribution < 1.29 is 4.79 Å². The zero-order chi connectivity index (χ0) is 17.2. The largest absolute Gasteiger partial charge is 0.365 e. The molecule has 1 unspecified atom stereocenters. The van der Waals surface area contributed by atoms with Gasteiger partial charge in [-0.1, -0.05) is 18.2 Å². The molecule has 1 N–H and O–H groups in total. The Balaban J connectivity index is 1.46. The Morgan fingerprint density at radius 3 is 2.92 bits per heavy atom. The Labute approximate surface area is 154 Å². The van der Waals surface area contributed by atoms with Crippen LogP contribution in [-0.2, 0) is 0 Å². The molecule has 1 saturated heterocycles. The lowest BCUT2D eigenvalue weighted by molar-refractivity contribution is 0.0786. The van der Waals surface area contributed by atoms with Crippen molar-refractivity contribution in [2.24, 2.45) is 0 Å². The van der Waals surface area contributed by atoms with Crippen LogP contribution in [0.4, 0.5) is 5.82 Å². The van der Waals surface area contributed by atoms with E-state index >= 15 is 0 Å². The van der Waals surface area contributed by atoms with Gasteiger partial charge in [0.15, 0.2) is 0 Å². The monoisotopic (exact) mass is 396 g/mol. The second kappa shape index (κ2) is 6.80. The first-order valence-corrected chi connectivity index (χ1v) is 9.02. The number of benzene rings is 1. The molecule has 2 aromatic heterocycles. The van der Waals surface area contributed by atoms with Crippen LogP contribution in [0.15, 0.2) is 59.2 Å². The predicted octanol–water partition coefficient (Wildman–Crippen LogP) is 3.72. The maximum atomic E-state index is 12.5. The first-order chi connectivity index (χ1) is 12.2. The zero-order valence-electron chi connectivity index (χ0n) is 13.5. The number of nitrogens with one attached hydrogen (secondary N) is 1. The van der Waals surface area contributed by atoms with Crippen LogP contribution in [-0.4, -0.2) is 39.9 Å². The van der Waals surface area contributed by atoms with E-state index < -0.39 is 0 Å². The zero-order valence-corrected chi connectivity index (χ0v) is 15.1. The molecule has 5 nitrogen and oxygen atoms in total. The minimum absolute atomic E-state index is 0.0147. The Hall–Kier alpha value is -2.47. The van der Waals surface area contributed by atoms with Crippen molar-refractivity contribution in [1.82, 2.24) is 14.9 Å². The smallest absolute Gasteiger partial charge is 0.272 e. The van der Waals surface area contributed by atoms with E-state index in [1.54, 1.807) is 12.3 Å². The summed E-state index contributed by atoms with van der Waals surface area (Å²) in [4.78, 5) is 23.2. The summed E-state index contributed by atoms with van der Waals surface area (Å²) in [5, 5.41) is 4.55. The van der Waals surface area contributed by atoms with Gasteiger partial charge in [0.25, 0.3) is 5.91 Å². The lowest BCUT2D eigenvalue weighted by Gasteiger charge is -2.17. The number of fused-ring (bicyclic) bond motifs is 1. The van der Waals surface area contributed by atoms with Crippen LogP contribution in [0.25, 0.3) is 10.9 Å². The number of hydrogen-bond donors (Lipinski definition) is 1. The normalized spacial score (nSPS) is 17.0. The molecular weight excluding hydrogens is 380 g/mol. The van der Waals surface area contributed by atoms with E-state index in [0.29, 0.717) is 12.2 Å². The molecule has 0 aliphatic carbocycles. The quantitative estimate of drug-likeness (QED) is 0.732. The van der Waals surface area contributed by atoms with Gasteiger partial charge < -0.3 is 10.2 Å². The first kappa shape index (κ1) is 16.0. The molecule has 0 saturated carbocycles. The van der Waals surface area contributed by atoms with Gasteiger partial charge in [0.1, 0.15) is 11.5 Å². The number of halogens is 1. The minimum Gasteiger partial charge on any atom is -0.365 e. The standard InChI is InChI=1S/C19H17BrN4O/c20-15-5-3-4-13-7-8-17(23-18(13)15)22-14-9-11-24(12-14)19(25)16-6-1-2-10-21-16/h1-8,10,14H,9,11-12H2,(H,22,23). The van der Waals surface area contributed by atoms with Crippen LogP contribution in [0.2, 0.25) is 0 Å². The van der Waals surface area contributed by atoms with Crippen LogP contribution < -0.4 is 5.32 Å². The van der Waals surface area contributed by atoms with Gasteiger partial charge >= 0.3 is 0 Å². The summed E-state index contributed by atoms with van der Waals surface area (Å²) in [6.07, 6.45) is 2.55. The van der Waals surface area contributed by atoms with Gasteiger partial charge in [-0.3, -0.25) is 9.78 Å². The molecule has 1 amide bonds. The van der Waals surface area contributed by atoms with E-state index in [1.807, 2.05) is 41.3 Å². The maximum absolute atomic E-state index is 12.5. The number of carbonyl (C=O) groups excluding carboxylic acids is 1. The van der Waals surface area contributed by atoms with Gasteiger partial charge in [-0.05, 0) is 52.7 Å². The lowest BCUT2D eigenvalue weighted by Crippen LogP contribution is -2.32. The summed E-state index contributed by atoms with van der Waals surface area (Å²) in [7, 11) is 0. The Morgan fingerprint density at radius 1 is 1.16 bits per heavy atom. The highest BCUT2D eigenvalue weighted by molar-refractivity contribution is 9.10. The number of hydrogen-bond acceptors (Lipinski definition) is 4. The van der Waals surface area contributed by atoms with Crippen LogP contribution in [0, 0.1) is 0 Å². The highest BCUT2D eigenvalue weighted by Gasteiger charge is 2.27. The first-order valence-electron chi connectivity index (χ1n) is 8.23. The molecule has 6 heteroatoms. The fourth-order valence-corrected chi connectivity index (χ4v) is 3.58. The van der Waals surface area contributed by atoms with Crippen LogP contribution in [0.5, 0.6) is 0 Å². The number of likely N-dealkylation sites (tertiary alicyclic amines) is 1. The third kappa shape index (κ3) is 3.35. The number of carbonyl (C=O) groups is 1. The summed E-state index contributed by atoms with van der Waals surface area (Å²) in [6.45, 7) is 1.38. The van der Waals surface area contributed by atoms with Gasteiger partial charge in [-0.15, -0.1) is 0 Å². The average molecular weight is 397 g/mol. The molecule has 3 heterocycles. The summed E-state index contributed by atoms with van der Waals surface area (Å²) in [5.74, 6) is 0.815. The third-order valence-corrected chi connectivity index (χ3v) is 5.02. The number of rotatable bonds is 3. The number of pyridine rings is 2. The number of nitrogens with zero attached hydrogens (tertiary/aromatic N) is 3. The van der Waals surface area contributed by atoms with Gasteiger partial charge in [0.2, 0.25) is 0 Å². The van der Waals surface area contributed by atoms with Gasteiger partial charge in [-0.25, -0.2) is 4.98 Å². The van der Waals surface area contributed by atoms with Crippen molar-refractivity contribution in [1.29, 1.82) is 0 Å². The van der Waals surface area contributed by atoms with Crippen molar-refractivity contribution >= 4 is 38.6 Å². The second-order valence-electron chi connectivity index (χ2n) is 6.10. The molecule has 0 bridgehead atoms. The Bertz CT molecular complexity index is 916. The molecule has 3 aromatic rings. The Morgan fingerprint density at radius 2 is 2.08 bits per heavy atom. The van der Waals surface area contributed by atoms with E-state index in [9.17, 15) is 4.79 Å². The lowest BCUT2D eigenvalue weighted by atomic mass is 10.2. The molecule has 4 rings (SSSR count). The highest BCUT2D eigenvalue weighted by Crippen LogP contribution is 2.24. The van der Waals surface area contributed by atoms with Gasteiger partial charge in [0, 0.05) is 35.2 Å². The summed E-state index contributed by atoms with van der Waals surface area (Å²) < 4.78 is 0.979. The number of amides is 1. The fraction of sp³-hybridized carbons (Fsp3) is 0.211. The van der Waals surface area contributed by atoms with Gasteiger partial charge in [0.05, 0.1) is 5.52 Å². The second-order valence-corrected chi connectivity index (χ2v) is 6.96. The maximum Gasteiger partial charge on any atom is 0.272 e. The van der Waals surface area contributed by atoms with E-state index in [-0.39, 0.29) is 11.9 Å². The van der Waals surface area contributed by atoms with Crippen molar-refractivity contribution in [3.8, 4) is 0 Å². The number of para-hydroxylation sites is 1. The fourth-order valence-electron chi connectivity index (χ4n) is 3.11. The molecule has 1 aliphatic heterocycles. The summed E-state index contributed by atoms with van der Waals surface area (Å²) in [5.41, 5.74) is 1.43. The molecule has 0 spiro atoms. The van der Waals surface area contributed by atoms with E-state index in [0.717, 1.165) is 34.2 Å². The molecule has 25 heavy (non-hydrogen) atoms. The van der Waals surface area contributed by atoms with Crippen LogP contribution >= 0.6 is 15.9 Å². The molecule has 1 aliphatic rings. The van der Waals surface area contributed by atoms with Gasteiger partial charge in [-0.2, -0.15) is 0 Å². The molecule has 1 aromatic carbocycles. The van der Waals surface area contributed by atoms with E-state index in [1.165, 1.54) is 0 Å². The molecule has 0 radical (unpaired) electrons. The Kier molecular flexibility index (Phi) is 4.36. The third-order valence-electron chi connectivity index (χ3n) is 4.38. The van der Waals surface area contributed by atoms with E-state index in [2.05, 4.69) is 32.3 Å². The van der Waals surface area contributed by atoms with Crippen molar-refractivity contribution in [3.63, 3.8) is 0 Å². The molecule has 1 fully saturated rings. The number of anilines is 1. The minimum atomic E-state index is -0.0147. The van der Waals surface area contributed by atoms with Crippen molar-refractivity contribution in [2.45, 2.75) is 12.5 Å². The topological polar surface area (TPSA) is 58.1 Å². The summed E-state index contributed by atoms with van der Waals surface area (Å²) >= 11 is 3.55. The van der Waals surface area contributed by atoms with Crippen LogP contribution in [0.3, 0.4) is 0 Å². The molecule has 126 valence electrons. The highest BCUT2D eigenvalue weighted by atomic mass is 79.9. The number of aromatic nitrogens is 2. The van der Waals surface area contributed by atoms with Crippen LogP contribution in [0.1, 0.15) is 16.9 Å². The summed E-state index contributed by atoms with van der Waals surface area (Å²) in [6, 6.07) is 15.7. The average Bonchev–Trinajstić information content (AvgIpc) is 3.11.